The van der Waals surface area contributed by atoms with E-state index in [4.69, 9.17) is 4.74 Å². The van der Waals surface area contributed by atoms with Crippen molar-refractivity contribution in [3.63, 3.8) is 0 Å². The van der Waals surface area contributed by atoms with Crippen LogP contribution in [0.2, 0.25) is 0 Å². The van der Waals surface area contributed by atoms with Crippen LogP contribution >= 0.6 is 11.3 Å². The van der Waals surface area contributed by atoms with Gasteiger partial charge in [0.05, 0.1) is 4.88 Å². The molecule has 1 aliphatic rings. The lowest BCUT2D eigenvalue weighted by molar-refractivity contribution is -0.122. The van der Waals surface area contributed by atoms with Crippen molar-refractivity contribution >= 4 is 23.2 Å². The van der Waals surface area contributed by atoms with Crippen LogP contribution in [-0.2, 0) is 11.4 Å². The van der Waals surface area contributed by atoms with E-state index in [1.807, 2.05) is 37.3 Å². The Bertz CT molecular complexity index is 769. The van der Waals surface area contributed by atoms with E-state index < -0.39 is 6.04 Å². The standard InChI is InChI=1S/C18H20N2O3S/c1-3-8-19-17(21)11(2)20-18(22)15-9-12-10-23-14-7-5-4-6-13(14)16(12)24-15/h4-7,9,11H,3,8,10H2,1-2H3,(H,19,21)(H,20,22)/t11-/m0/s1. The summed E-state index contributed by atoms with van der Waals surface area (Å²) in [5, 5.41) is 5.54. The Morgan fingerprint density at radius 3 is 2.92 bits per heavy atom. The molecule has 0 saturated heterocycles. The van der Waals surface area contributed by atoms with Crippen molar-refractivity contribution in [1.82, 2.24) is 10.6 Å². The lowest BCUT2D eigenvalue weighted by atomic mass is 10.1. The van der Waals surface area contributed by atoms with Crippen molar-refractivity contribution in [3.8, 4) is 16.2 Å². The molecule has 0 fully saturated rings. The van der Waals surface area contributed by atoms with Gasteiger partial charge in [-0.15, -0.1) is 11.3 Å². The third kappa shape index (κ3) is 3.28. The van der Waals surface area contributed by atoms with Gasteiger partial charge >= 0.3 is 0 Å². The van der Waals surface area contributed by atoms with E-state index >= 15 is 0 Å². The van der Waals surface area contributed by atoms with Gasteiger partial charge in [0.2, 0.25) is 5.91 Å². The summed E-state index contributed by atoms with van der Waals surface area (Å²) < 4.78 is 5.72. The third-order valence-electron chi connectivity index (χ3n) is 3.84. The number of hydrogen-bond acceptors (Lipinski definition) is 4. The van der Waals surface area contributed by atoms with Gasteiger partial charge in [-0.2, -0.15) is 0 Å². The number of ether oxygens (including phenoxy) is 1. The molecule has 1 aromatic carbocycles. The first-order chi connectivity index (χ1) is 11.6. The number of nitrogens with one attached hydrogen (secondary N) is 2. The lowest BCUT2D eigenvalue weighted by Crippen LogP contribution is -2.44. The molecule has 0 unspecified atom stereocenters. The van der Waals surface area contributed by atoms with Crippen molar-refractivity contribution in [3.05, 3.63) is 40.8 Å². The summed E-state index contributed by atoms with van der Waals surface area (Å²) in [6.07, 6.45) is 0.865. The number of thiophene rings is 1. The molecule has 0 spiro atoms. The van der Waals surface area contributed by atoms with Crippen molar-refractivity contribution in [1.29, 1.82) is 0 Å². The molecule has 3 rings (SSSR count). The van der Waals surface area contributed by atoms with E-state index in [0.29, 0.717) is 18.0 Å². The van der Waals surface area contributed by atoms with Gasteiger partial charge in [0.25, 0.3) is 5.91 Å². The van der Waals surface area contributed by atoms with Gasteiger partial charge in [-0.1, -0.05) is 19.1 Å². The summed E-state index contributed by atoms with van der Waals surface area (Å²) in [6, 6.07) is 9.09. The highest BCUT2D eigenvalue weighted by Crippen LogP contribution is 2.42. The number of amides is 2. The Morgan fingerprint density at radius 2 is 2.12 bits per heavy atom. The summed E-state index contributed by atoms with van der Waals surface area (Å²) in [5.74, 6) is 0.442. The number of carbonyl (C=O) groups excluding carboxylic acids is 2. The maximum atomic E-state index is 12.4. The smallest absolute Gasteiger partial charge is 0.262 e. The molecule has 5 nitrogen and oxygen atoms in total. The van der Waals surface area contributed by atoms with Crippen LogP contribution in [0.1, 0.15) is 35.5 Å². The second-order valence-corrected chi connectivity index (χ2v) is 6.79. The molecule has 24 heavy (non-hydrogen) atoms. The first kappa shape index (κ1) is 16.5. The van der Waals surface area contributed by atoms with E-state index in [2.05, 4.69) is 10.6 Å². The van der Waals surface area contributed by atoms with Crippen LogP contribution in [-0.4, -0.2) is 24.4 Å². The summed E-state index contributed by atoms with van der Waals surface area (Å²) in [4.78, 5) is 26.0. The molecule has 1 aliphatic heterocycles. The molecule has 6 heteroatoms. The highest BCUT2D eigenvalue weighted by Gasteiger charge is 2.23. The Kier molecular flexibility index (Phi) is 4.85. The van der Waals surface area contributed by atoms with Gasteiger partial charge in [-0.3, -0.25) is 9.59 Å². The Hall–Kier alpha value is -2.34. The normalized spacial score (nSPS) is 13.2. The predicted octanol–water partition coefficient (Wildman–Crippen LogP) is 2.95. The molecule has 126 valence electrons. The third-order valence-corrected chi connectivity index (χ3v) is 5.05. The number of hydrogen-bond donors (Lipinski definition) is 2. The number of benzene rings is 1. The van der Waals surface area contributed by atoms with Crippen LogP contribution in [0.15, 0.2) is 30.3 Å². The largest absolute Gasteiger partial charge is 0.488 e. The number of fused-ring (bicyclic) bond motifs is 3. The highest BCUT2D eigenvalue weighted by molar-refractivity contribution is 7.17. The van der Waals surface area contributed by atoms with Gasteiger partial charge in [-0.05, 0) is 31.5 Å². The summed E-state index contributed by atoms with van der Waals surface area (Å²) in [5.41, 5.74) is 2.02. The molecule has 0 aliphatic carbocycles. The van der Waals surface area contributed by atoms with E-state index in [1.54, 1.807) is 6.92 Å². The minimum atomic E-state index is -0.563. The number of para-hydroxylation sites is 1. The van der Waals surface area contributed by atoms with Gasteiger partial charge in [-0.25, -0.2) is 0 Å². The first-order valence-electron chi connectivity index (χ1n) is 8.03. The fourth-order valence-corrected chi connectivity index (χ4v) is 3.65. The monoisotopic (exact) mass is 344 g/mol. The van der Waals surface area contributed by atoms with Gasteiger partial charge in [0.1, 0.15) is 18.4 Å². The maximum absolute atomic E-state index is 12.4. The zero-order valence-electron chi connectivity index (χ0n) is 13.7. The van der Waals surface area contributed by atoms with Crippen LogP contribution in [0.5, 0.6) is 5.75 Å². The number of carbonyl (C=O) groups is 2. The molecule has 0 bridgehead atoms. The second-order valence-electron chi connectivity index (χ2n) is 5.74. The Morgan fingerprint density at radius 1 is 1.33 bits per heavy atom. The zero-order chi connectivity index (χ0) is 17.1. The Balaban J connectivity index is 1.74. The van der Waals surface area contributed by atoms with Crippen molar-refractivity contribution in [2.75, 3.05) is 6.54 Å². The lowest BCUT2D eigenvalue weighted by Gasteiger charge is -2.16. The quantitative estimate of drug-likeness (QED) is 0.876. The molecule has 2 heterocycles. The van der Waals surface area contributed by atoms with E-state index in [-0.39, 0.29) is 11.8 Å². The van der Waals surface area contributed by atoms with E-state index in [9.17, 15) is 9.59 Å². The molecular formula is C18H20N2O3S. The van der Waals surface area contributed by atoms with Crippen LogP contribution in [0, 0.1) is 0 Å². The second kappa shape index (κ2) is 7.05. The van der Waals surface area contributed by atoms with Crippen LogP contribution in [0.25, 0.3) is 10.4 Å². The van der Waals surface area contributed by atoms with E-state index in [1.165, 1.54) is 11.3 Å². The summed E-state index contributed by atoms with van der Waals surface area (Å²) in [6.45, 7) is 4.75. The highest BCUT2D eigenvalue weighted by atomic mass is 32.1. The molecule has 2 aromatic rings. The van der Waals surface area contributed by atoms with Gasteiger partial charge < -0.3 is 15.4 Å². The molecule has 0 radical (unpaired) electrons. The minimum Gasteiger partial charge on any atom is -0.488 e. The maximum Gasteiger partial charge on any atom is 0.262 e. The first-order valence-corrected chi connectivity index (χ1v) is 8.85. The summed E-state index contributed by atoms with van der Waals surface area (Å²) in [7, 11) is 0. The average molecular weight is 344 g/mol. The fourth-order valence-electron chi connectivity index (χ4n) is 2.55. The topological polar surface area (TPSA) is 67.4 Å². The Labute approximate surface area is 145 Å². The molecule has 0 saturated carbocycles. The van der Waals surface area contributed by atoms with Crippen LogP contribution in [0.3, 0.4) is 0 Å². The van der Waals surface area contributed by atoms with Gasteiger partial charge in [0.15, 0.2) is 0 Å². The van der Waals surface area contributed by atoms with Crippen molar-refractivity contribution in [2.24, 2.45) is 0 Å². The van der Waals surface area contributed by atoms with Crippen molar-refractivity contribution < 1.29 is 14.3 Å². The molecule has 2 amide bonds. The molecule has 1 aromatic heterocycles. The van der Waals surface area contributed by atoms with Crippen molar-refractivity contribution in [2.45, 2.75) is 32.9 Å². The molecule has 2 N–H and O–H groups in total. The van der Waals surface area contributed by atoms with Crippen LogP contribution < -0.4 is 15.4 Å². The van der Waals surface area contributed by atoms with Gasteiger partial charge in [0, 0.05) is 22.5 Å². The summed E-state index contributed by atoms with van der Waals surface area (Å²) >= 11 is 1.43. The fraction of sp³-hybridized carbons (Fsp3) is 0.333. The number of rotatable bonds is 5. The predicted molar refractivity (Wildman–Crippen MR) is 94.3 cm³/mol. The van der Waals surface area contributed by atoms with Crippen LogP contribution in [0.4, 0.5) is 0 Å². The van der Waals surface area contributed by atoms with E-state index in [0.717, 1.165) is 28.2 Å². The SMILES string of the molecule is CCCNC(=O)[C@H](C)NC(=O)c1cc2c(s1)-c1ccccc1OC2. The average Bonchev–Trinajstić information content (AvgIpc) is 3.04. The molecule has 1 atom stereocenters. The zero-order valence-corrected chi connectivity index (χ0v) is 14.5. The minimum absolute atomic E-state index is 0.166. The molecular weight excluding hydrogens is 324 g/mol.